The molecule has 3 aromatic rings. The van der Waals surface area contributed by atoms with Crippen molar-refractivity contribution in [3.63, 3.8) is 0 Å². The van der Waals surface area contributed by atoms with Crippen molar-refractivity contribution >= 4 is 0 Å². The fourth-order valence-corrected chi connectivity index (χ4v) is 2.47. The van der Waals surface area contributed by atoms with E-state index in [4.69, 9.17) is 0 Å². The Balaban J connectivity index is 1.96. The van der Waals surface area contributed by atoms with Crippen LogP contribution < -0.4 is 5.32 Å². The summed E-state index contributed by atoms with van der Waals surface area (Å²) in [5.74, 6) is 0. The predicted octanol–water partition coefficient (Wildman–Crippen LogP) is 2.88. The smallest absolute Gasteiger partial charge is 0.105 e. The molecule has 1 unspecified atom stereocenters. The zero-order chi connectivity index (χ0) is 14.7. The molecule has 0 aliphatic rings. The maximum Gasteiger partial charge on any atom is 0.105 e. The van der Waals surface area contributed by atoms with Crippen LogP contribution in [0.3, 0.4) is 0 Å². The van der Waals surface area contributed by atoms with Crippen LogP contribution in [0.25, 0.3) is 5.69 Å². The minimum absolute atomic E-state index is 0.0451. The molecule has 0 spiro atoms. The van der Waals surface area contributed by atoms with E-state index in [0.717, 1.165) is 11.4 Å². The number of nitrogens with zero attached hydrogens (tertiary/aromatic N) is 3. The summed E-state index contributed by atoms with van der Waals surface area (Å²) in [5, 5.41) is 12.3. The molecule has 0 radical (unpaired) electrons. The lowest BCUT2D eigenvalue weighted by Crippen LogP contribution is -2.19. The molecule has 1 heterocycles. The molecule has 0 amide bonds. The molecule has 0 saturated heterocycles. The molecule has 1 aromatic heterocycles. The second-order valence-corrected chi connectivity index (χ2v) is 4.97. The SMILES string of the molecule is CNC(c1cnn(-c2ccccc2)n1)c1ccccc1C. The molecule has 0 aliphatic heterocycles. The topological polar surface area (TPSA) is 42.7 Å². The third-order valence-electron chi connectivity index (χ3n) is 3.58. The highest BCUT2D eigenvalue weighted by Gasteiger charge is 2.17. The predicted molar refractivity (Wildman–Crippen MR) is 83.4 cm³/mol. The minimum Gasteiger partial charge on any atom is -0.308 e. The number of hydrogen-bond acceptors (Lipinski definition) is 3. The van der Waals surface area contributed by atoms with E-state index in [2.05, 4.69) is 34.6 Å². The van der Waals surface area contributed by atoms with Gasteiger partial charge in [0.1, 0.15) is 5.69 Å². The number of benzene rings is 2. The summed E-state index contributed by atoms with van der Waals surface area (Å²) in [4.78, 5) is 1.66. The summed E-state index contributed by atoms with van der Waals surface area (Å²) in [6.45, 7) is 2.11. The molecule has 4 heteroatoms. The Morgan fingerprint density at radius 1 is 1.00 bits per heavy atom. The first-order chi connectivity index (χ1) is 10.3. The van der Waals surface area contributed by atoms with E-state index in [1.807, 2.05) is 55.7 Å². The molecule has 0 aliphatic carbocycles. The summed E-state index contributed by atoms with van der Waals surface area (Å²) in [6, 6.07) is 18.3. The summed E-state index contributed by atoms with van der Waals surface area (Å²) in [6.07, 6.45) is 1.82. The lowest BCUT2D eigenvalue weighted by molar-refractivity contribution is 0.646. The van der Waals surface area contributed by atoms with Crippen LogP contribution in [0.15, 0.2) is 60.8 Å². The lowest BCUT2D eigenvalue weighted by atomic mass is 9.99. The largest absolute Gasteiger partial charge is 0.308 e. The monoisotopic (exact) mass is 278 g/mol. The van der Waals surface area contributed by atoms with Gasteiger partial charge in [0, 0.05) is 0 Å². The summed E-state index contributed by atoms with van der Waals surface area (Å²) in [5.41, 5.74) is 4.34. The molecule has 4 nitrogen and oxygen atoms in total. The average Bonchev–Trinajstić information content (AvgIpc) is 3.00. The zero-order valence-corrected chi connectivity index (χ0v) is 12.2. The normalized spacial score (nSPS) is 12.3. The van der Waals surface area contributed by atoms with Crippen molar-refractivity contribution in [2.24, 2.45) is 0 Å². The molecule has 3 rings (SSSR count). The van der Waals surface area contributed by atoms with Crippen LogP contribution in [0.1, 0.15) is 22.9 Å². The first kappa shape index (κ1) is 13.5. The van der Waals surface area contributed by atoms with Crippen molar-refractivity contribution in [2.45, 2.75) is 13.0 Å². The number of aryl methyl sites for hydroxylation is 1. The van der Waals surface area contributed by atoms with E-state index in [-0.39, 0.29) is 6.04 Å². The molecule has 106 valence electrons. The van der Waals surface area contributed by atoms with Crippen molar-refractivity contribution in [3.8, 4) is 5.69 Å². The van der Waals surface area contributed by atoms with Gasteiger partial charge in [-0.15, -0.1) is 0 Å². The van der Waals surface area contributed by atoms with Crippen molar-refractivity contribution in [1.82, 2.24) is 20.3 Å². The molecule has 0 fully saturated rings. The van der Waals surface area contributed by atoms with Crippen LogP contribution in [-0.4, -0.2) is 22.0 Å². The molecule has 0 bridgehead atoms. The maximum atomic E-state index is 4.61. The molecular weight excluding hydrogens is 260 g/mol. The van der Waals surface area contributed by atoms with Gasteiger partial charge in [-0.3, -0.25) is 0 Å². The molecule has 2 aromatic carbocycles. The standard InChI is InChI=1S/C17H18N4/c1-13-8-6-7-11-15(13)17(18-2)16-12-19-21(20-16)14-9-4-3-5-10-14/h3-12,17-18H,1-2H3. The van der Waals surface area contributed by atoms with Gasteiger partial charge < -0.3 is 5.32 Å². The highest BCUT2D eigenvalue weighted by Crippen LogP contribution is 2.23. The quantitative estimate of drug-likeness (QED) is 0.798. The Labute approximate surface area is 124 Å². The Kier molecular flexibility index (Phi) is 3.79. The van der Waals surface area contributed by atoms with Gasteiger partial charge in [-0.25, -0.2) is 0 Å². The molecule has 0 saturated carbocycles. The van der Waals surface area contributed by atoms with Crippen LogP contribution in [0.4, 0.5) is 0 Å². The number of nitrogens with one attached hydrogen (secondary N) is 1. The van der Waals surface area contributed by atoms with E-state index in [1.165, 1.54) is 11.1 Å². The number of rotatable bonds is 4. The number of aromatic nitrogens is 3. The zero-order valence-electron chi connectivity index (χ0n) is 12.2. The summed E-state index contributed by atoms with van der Waals surface area (Å²) >= 11 is 0. The Bertz CT molecular complexity index is 718. The second kappa shape index (κ2) is 5.89. The minimum atomic E-state index is 0.0451. The number of hydrogen-bond donors (Lipinski definition) is 1. The third kappa shape index (κ3) is 2.71. The Morgan fingerprint density at radius 2 is 1.71 bits per heavy atom. The van der Waals surface area contributed by atoms with Gasteiger partial charge in [0.05, 0.1) is 17.9 Å². The number of para-hydroxylation sites is 1. The summed E-state index contributed by atoms with van der Waals surface area (Å²) in [7, 11) is 1.94. The van der Waals surface area contributed by atoms with Gasteiger partial charge in [-0.1, -0.05) is 42.5 Å². The Hall–Kier alpha value is -2.46. The van der Waals surface area contributed by atoms with Crippen LogP contribution in [-0.2, 0) is 0 Å². The highest BCUT2D eigenvalue weighted by atomic mass is 15.5. The Morgan fingerprint density at radius 3 is 2.43 bits per heavy atom. The second-order valence-electron chi connectivity index (χ2n) is 4.97. The van der Waals surface area contributed by atoms with Gasteiger partial charge >= 0.3 is 0 Å². The highest BCUT2D eigenvalue weighted by molar-refractivity contribution is 5.34. The molecule has 1 N–H and O–H groups in total. The summed E-state index contributed by atoms with van der Waals surface area (Å²) < 4.78 is 0. The first-order valence-corrected chi connectivity index (χ1v) is 7.00. The average molecular weight is 278 g/mol. The third-order valence-corrected chi connectivity index (χ3v) is 3.58. The van der Waals surface area contributed by atoms with Gasteiger partial charge in [-0.2, -0.15) is 15.0 Å². The molecule has 1 atom stereocenters. The van der Waals surface area contributed by atoms with E-state index < -0.39 is 0 Å². The van der Waals surface area contributed by atoms with Gasteiger partial charge in [-0.05, 0) is 37.2 Å². The fourth-order valence-electron chi connectivity index (χ4n) is 2.47. The van der Waals surface area contributed by atoms with Gasteiger partial charge in [0.2, 0.25) is 0 Å². The molecule has 21 heavy (non-hydrogen) atoms. The van der Waals surface area contributed by atoms with Crippen molar-refractivity contribution in [3.05, 3.63) is 77.6 Å². The van der Waals surface area contributed by atoms with E-state index >= 15 is 0 Å². The first-order valence-electron chi connectivity index (χ1n) is 7.00. The van der Waals surface area contributed by atoms with Crippen LogP contribution in [0, 0.1) is 6.92 Å². The van der Waals surface area contributed by atoms with Crippen LogP contribution in [0.5, 0.6) is 0 Å². The van der Waals surface area contributed by atoms with Crippen LogP contribution >= 0.6 is 0 Å². The van der Waals surface area contributed by atoms with Crippen LogP contribution in [0.2, 0.25) is 0 Å². The van der Waals surface area contributed by atoms with Crippen molar-refractivity contribution < 1.29 is 0 Å². The van der Waals surface area contributed by atoms with Gasteiger partial charge in [0.25, 0.3) is 0 Å². The fraction of sp³-hybridized carbons (Fsp3) is 0.176. The maximum absolute atomic E-state index is 4.61. The van der Waals surface area contributed by atoms with Gasteiger partial charge in [0.15, 0.2) is 0 Å². The van der Waals surface area contributed by atoms with E-state index in [0.29, 0.717) is 0 Å². The van der Waals surface area contributed by atoms with E-state index in [1.54, 1.807) is 4.80 Å². The van der Waals surface area contributed by atoms with E-state index in [9.17, 15) is 0 Å². The van der Waals surface area contributed by atoms with Crippen molar-refractivity contribution in [2.75, 3.05) is 7.05 Å². The molecular formula is C17H18N4. The van der Waals surface area contributed by atoms with Crippen molar-refractivity contribution in [1.29, 1.82) is 0 Å². The lowest BCUT2D eigenvalue weighted by Gasteiger charge is -2.16.